The van der Waals surface area contributed by atoms with Crippen LogP contribution in [0.4, 0.5) is 0 Å². The van der Waals surface area contributed by atoms with E-state index in [-0.39, 0.29) is 0 Å². The molecule has 1 fully saturated rings. The van der Waals surface area contributed by atoms with Gasteiger partial charge in [-0.05, 0) is 45.8 Å². The van der Waals surface area contributed by atoms with Crippen LogP contribution in [0, 0.1) is 0 Å². The average Bonchev–Trinajstić information content (AvgIpc) is 2.61. The minimum Gasteiger partial charge on any atom is -0.297 e. The standard InChI is InChI=1S/C18H37NSi/c1-5-18(16-20(6-2)7-3)17(4)19-14-12-10-8-9-11-13-15-19/h5,17,20H,6-16H2,1-4H3. The van der Waals surface area contributed by atoms with Gasteiger partial charge in [-0.25, -0.2) is 0 Å². The van der Waals surface area contributed by atoms with Gasteiger partial charge >= 0.3 is 0 Å². The minimum atomic E-state index is -0.502. The molecule has 1 nitrogen and oxygen atoms in total. The summed E-state index contributed by atoms with van der Waals surface area (Å²) in [6.07, 6.45) is 11.0. The van der Waals surface area contributed by atoms with E-state index in [0.717, 1.165) is 0 Å². The van der Waals surface area contributed by atoms with Crippen molar-refractivity contribution in [1.82, 2.24) is 4.90 Å². The number of allylic oxidation sites excluding steroid dienone is 1. The van der Waals surface area contributed by atoms with Crippen LogP contribution < -0.4 is 0 Å². The lowest BCUT2D eigenvalue weighted by atomic mass is 10.1. The predicted molar refractivity (Wildman–Crippen MR) is 95.4 cm³/mol. The molecular weight excluding hydrogens is 258 g/mol. The molecular formula is C18H37NSi. The fourth-order valence-corrected chi connectivity index (χ4v) is 5.91. The third-order valence-electron chi connectivity index (χ3n) is 5.27. The molecule has 1 aliphatic rings. The number of rotatable bonds is 6. The number of hydrogen-bond acceptors (Lipinski definition) is 1. The van der Waals surface area contributed by atoms with Crippen LogP contribution in [-0.2, 0) is 0 Å². The summed E-state index contributed by atoms with van der Waals surface area (Å²) in [7, 11) is -0.502. The zero-order valence-corrected chi connectivity index (χ0v) is 15.6. The molecule has 0 amide bonds. The molecule has 1 rings (SSSR count). The molecule has 0 N–H and O–H groups in total. The number of nitrogens with zero attached hydrogens (tertiary/aromatic N) is 1. The van der Waals surface area contributed by atoms with Gasteiger partial charge in [0.25, 0.3) is 0 Å². The van der Waals surface area contributed by atoms with E-state index in [9.17, 15) is 0 Å². The Hall–Kier alpha value is -0.0831. The predicted octanol–water partition coefficient (Wildman–Crippen LogP) is 5.24. The van der Waals surface area contributed by atoms with Crippen LogP contribution in [0.5, 0.6) is 0 Å². The van der Waals surface area contributed by atoms with Crippen LogP contribution in [0.2, 0.25) is 18.1 Å². The molecule has 1 saturated heterocycles. The monoisotopic (exact) mass is 295 g/mol. The molecule has 1 aliphatic heterocycles. The molecule has 118 valence electrons. The van der Waals surface area contributed by atoms with Gasteiger partial charge in [0.05, 0.1) is 0 Å². The lowest BCUT2D eigenvalue weighted by Gasteiger charge is -2.32. The molecule has 2 heteroatoms. The summed E-state index contributed by atoms with van der Waals surface area (Å²) in [6, 6.07) is 5.05. The SMILES string of the molecule is CC=C(C[SiH](CC)CC)C(C)N1CCCCCCCC1. The van der Waals surface area contributed by atoms with Crippen molar-refractivity contribution >= 4 is 8.80 Å². The van der Waals surface area contributed by atoms with Crippen molar-refractivity contribution in [3.63, 3.8) is 0 Å². The third-order valence-corrected chi connectivity index (χ3v) is 8.63. The summed E-state index contributed by atoms with van der Waals surface area (Å²) in [4.78, 5) is 2.78. The van der Waals surface area contributed by atoms with E-state index in [1.165, 1.54) is 69.7 Å². The molecule has 0 spiro atoms. The highest BCUT2D eigenvalue weighted by atomic mass is 28.3. The zero-order valence-electron chi connectivity index (χ0n) is 14.5. The van der Waals surface area contributed by atoms with Gasteiger partial charge in [0.2, 0.25) is 0 Å². The Morgan fingerprint density at radius 3 is 1.95 bits per heavy atom. The normalized spacial score (nSPS) is 21.4. The van der Waals surface area contributed by atoms with Crippen LogP contribution in [0.25, 0.3) is 0 Å². The quantitative estimate of drug-likeness (QED) is 0.478. The summed E-state index contributed by atoms with van der Waals surface area (Å²) in [6.45, 7) is 12.2. The Morgan fingerprint density at radius 2 is 1.50 bits per heavy atom. The Kier molecular flexibility index (Phi) is 9.54. The van der Waals surface area contributed by atoms with Gasteiger partial charge < -0.3 is 0 Å². The maximum Gasteiger partial charge on any atom is 0.0404 e. The first-order chi connectivity index (χ1) is 9.72. The van der Waals surface area contributed by atoms with Gasteiger partial charge in [-0.1, -0.05) is 63.3 Å². The van der Waals surface area contributed by atoms with Gasteiger partial charge in [0.1, 0.15) is 0 Å². The van der Waals surface area contributed by atoms with E-state index in [4.69, 9.17) is 0 Å². The van der Waals surface area contributed by atoms with Crippen LogP contribution in [0.15, 0.2) is 11.6 Å². The Morgan fingerprint density at radius 1 is 1.00 bits per heavy atom. The lowest BCUT2D eigenvalue weighted by molar-refractivity contribution is 0.228. The summed E-state index contributed by atoms with van der Waals surface area (Å²) in [5.41, 5.74) is 1.74. The zero-order chi connectivity index (χ0) is 14.8. The van der Waals surface area contributed by atoms with E-state index in [1.54, 1.807) is 5.57 Å². The molecule has 0 aromatic carbocycles. The van der Waals surface area contributed by atoms with E-state index in [0.29, 0.717) is 6.04 Å². The van der Waals surface area contributed by atoms with E-state index >= 15 is 0 Å². The first kappa shape index (κ1) is 18.0. The minimum absolute atomic E-state index is 0.502. The van der Waals surface area contributed by atoms with E-state index in [1.807, 2.05) is 0 Å². The van der Waals surface area contributed by atoms with Crippen molar-refractivity contribution in [1.29, 1.82) is 0 Å². The summed E-state index contributed by atoms with van der Waals surface area (Å²) in [5.74, 6) is 0. The van der Waals surface area contributed by atoms with E-state index < -0.39 is 8.80 Å². The molecule has 20 heavy (non-hydrogen) atoms. The van der Waals surface area contributed by atoms with Crippen LogP contribution in [0.1, 0.15) is 66.2 Å². The lowest BCUT2D eigenvalue weighted by Crippen LogP contribution is -2.37. The van der Waals surface area contributed by atoms with Crippen molar-refractivity contribution < 1.29 is 0 Å². The van der Waals surface area contributed by atoms with Crippen LogP contribution in [-0.4, -0.2) is 32.8 Å². The highest BCUT2D eigenvalue weighted by Gasteiger charge is 2.20. The molecule has 1 heterocycles. The topological polar surface area (TPSA) is 3.24 Å². The fraction of sp³-hybridized carbons (Fsp3) is 0.889. The largest absolute Gasteiger partial charge is 0.297 e. The highest BCUT2D eigenvalue weighted by Crippen LogP contribution is 2.22. The first-order valence-corrected chi connectivity index (χ1v) is 11.6. The summed E-state index contributed by atoms with van der Waals surface area (Å²) in [5, 5.41) is 0. The molecule has 1 atom stereocenters. The second kappa shape index (κ2) is 10.6. The summed E-state index contributed by atoms with van der Waals surface area (Å²) >= 11 is 0. The molecule has 0 bridgehead atoms. The average molecular weight is 296 g/mol. The van der Waals surface area contributed by atoms with Crippen molar-refractivity contribution in [3.8, 4) is 0 Å². The molecule has 0 aliphatic carbocycles. The van der Waals surface area contributed by atoms with E-state index in [2.05, 4.69) is 38.7 Å². The molecule has 0 radical (unpaired) electrons. The van der Waals surface area contributed by atoms with Crippen LogP contribution in [0.3, 0.4) is 0 Å². The third kappa shape index (κ3) is 6.13. The molecule has 1 unspecified atom stereocenters. The fourth-order valence-electron chi connectivity index (χ4n) is 3.51. The molecule has 0 saturated carbocycles. The van der Waals surface area contributed by atoms with Gasteiger partial charge in [-0.2, -0.15) is 0 Å². The Bertz CT molecular complexity index is 261. The first-order valence-electron chi connectivity index (χ1n) is 9.12. The van der Waals surface area contributed by atoms with Crippen molar-refractivity contribution in [2.24, 2.45) is 0 Å². The Balaban J connectivity index is 2.60. The molecule has 0 aromatic rings. The summed E-state index contributed by atoms with van der Waals surface area (Å²) < 4.78 is 0. The van der Waals surface area contributed by atoms with Crippen molar-refractivity contribution in [2.75, 3.05) is 13.1 Å². The van der Waals surface area contributed by atoms with Gasteiger partial charge in [0.15, 0.2) is 0 Å². The Labute approximate surface area is 129 Å². The van der Waals surface area contributed by atoms with Crippen molar-refractivity contribution in [2.45, 2.75) is 90.4 Å². The second-order valence-corrected chi connectivity index (χ2v) is 10.4. The van der Waals surface area contributed by atoms with Crippen LogP contribution >= 0.6 is 0 Å². The smallest absolute Gasteiger partial charge is 0.0404 e. The maximum absolute atomic E-state index is 2.78. The van der Waals surface area contributed by atoms with Gasteiger partial charge in [0, 0.05) is 14.8 Å². The van der Waals surface area contributed by atoms with Gasteiger partial charge in [-0.3, -0.25) is 4.90 Å². The van der Waals surface area contributed by atoms with Crippen molar-refractivity contribution in [3.05, 3.63) is 11.6 Å². The highest BCUT2D eigenvalue weighted by molar-refractivity contribution is 6.59. The molecule has 0 aromatic heterocycles. The number of hydrogen-bond donors (Lipinski definition) is 0. The van der Waals surface area contributed by atoms with Gasteiger partial charge in [-0.15, -0.1) is 0 Å². The second-order valence-electron chi connectivity index (χ2n) is 6.58. The maximum atomic E-state index is 2.78.